The fraction of sp³-hybridized carbons (Fsp3) is 0.464. The topological polar surface area (TPSA) is 55.5 Å². The van der Waals surface area contributed by atoms with Crippen molar-refractivity contribution in [2.75, 3.05) is 27.2 Å². The summed E-state index contributed by atoms with van der Waals surface area (Å²) in [4.78, 5) is 4.60. The van der Waals surface area contributed by atoms with Gasteiger partial charge in [0.25, 0.3) is 0 Å². The Bertz CT molecular complexity index is 1010. The molecule has 1 aliphatic carbocycles. The average molecular weight is 450 g/mol. The number of aromatic nitrogens is 1. The maximum absolute atomic E-state index is 12.0. The van der Waals surface area contributed by atoms with E-state index in [1.807, 2.05) is 42.5 Å². The molecule has 1 heterocycles. The average Bonchev–Trinajstić information content (AvgIpc) is 3.29. The molecule has 1 aliphatic rings. The highest BCUT2D eigenvalue weighted by atomic mass is 16.5. The summed E-state index contributed by atoms with van der Waals surface area (Å²) in [7, 11) is 4.32. The van der Waals surface area contributed by atoms with Crippen molar-refractivity contribution in [1.29, 1.82) is 0 Å². The summed E-state index contributed by atoms with van der Waals surface area (Å²) in [6.07, 6.45) is 7.26. The lowest BCUT2D eigenvalue weighted by molar-refractivity contribution is -0.904. The van der Waals surface area contributed by atoms with Gasteiger partial charge in [0, 0.05) is 5.92 Å². The van der Waals surface area contributed by atoms with Crippen LogP contribution in [0, 0.1) is 12.8 Å². The zero-order valence-corrected chi connectivity index (χ0v) is 20.2. The van der Waals surface area contributed by atoms with Gasteiger partial charge >= 0.3 is 0 Å². The van der Waals surface area contributed by atoms with Crippen LogP contribution in [0.1, 0.15) is 54.9 Å². The minimum Gasteiger partial charge on any atom is -0.488 e. The molecule has 0 aliphatic heterocycles. The number of nitrogens with zero attached hydrogens (tertiary/aromatic N) is 2. The Morgan fingerprint density at radius 1 is 1.03 bits per heavy atom. The molecule has 0 bridgehead atoms. The second-order valence-electron chi connectivity index (χ2n) is 10.1. The summed E-state index contributed by atoms with van der Waals surface area (Å²) in [6.45, 7) is 4.20. The molecule has 0 unspecified atom stereocenters. The standard InChI is InChI=1S/C28H37N2O3/c1-22-14-16-25(17-15-22)32-19-18-30(2,3)21-26-20-29-27(33-26)28(31,23-10-6-4-7-11-23)24-12-8-5-9-13-24/h4,6-7,10-11,14-17,20,24,31H,5,8-9,12-13,18-19,21H2,1-3H3/q+1/t28-/m0/s1. The number of quaternary nitrogens is 1. The fourth-order valence-corrected chi connectivity index (χ4v) is 4.85. The molecule has 0 saturated heterocycles. The van der Waals surface area contributed by atoms with Crippen molar-refractivity contribution in [2.45, 2.75) is 51.2 Å². The van der Waals surface area contributed by atoms with Crippen LogP contribution < -0.4 is 4.74 Å². The molecule has 1 saturated carbocycles. The lowest BCUT2D eigenvalue weighted by atomic mass is 9.73. The van der Waals surface area contributed by atoms with Gasteiger partial charge in [0.2, 0.25) is 5.89 Å². The van der Waals surface area contributed by atoms with E-state index in [2.05, 4.69) is 38.1 Å². The van der Waals surface area contributed by atoms with Crippen LogP contribution in [0.4, 0.5) is 0 Å². The van der Waals surface area contributed by atoms with E-state index in [4.69, 9.17) is 9.15 Å². The van der Waals surface area contributed by atoms with E-state index in [1.54, 1.807) is 6.20 Å². The van der Waals surface area contributed by atoms with Gasteiger partial charge in [-0.3, -0.25) is 0 Å². The highest BCUT2D eigenvalue weighted by Crippen LogP contribution is 2.43. The molecule has 5 heteroatoms. The Kier molecular flexibility index (Phi) is 7.20. The van der Waals surface area contributed by atoms with Gasteiger partial charge in [-0.05, 0) is 37.5 Å². The number of hydrogen-bond acceptors (Lipinski definition) is 4. The SMILES string of the molecule is Cc1ccc(OCC[N+](C)(C)Cc2cnc([C@](O)(c3ccccc3)C3CCCCC3)o2)cc1. The summed E-state index contributed by atoms with van der Waals surface area (Å²) < 4.78 is 12.9. The normalized spacial score (nSPS) is 17.0. The molecule has 0 radical (unpaired) electrons. The van der Waals surface area contributed by atoms with Gasteiger partial charge in [-0.25, -0.2) is 4.98 Å². The number of benzene rings is 2. The van der Waals surface area contributed by atoms with E-state index in [1.165, 1.54) is 12.0 Å². The number of oxazole rings is 1. The smallest absolute Gasteiger partial charge is 0.231 e. The predicted molar refractivity (Wildman–Crippen MR) is 130 cm³/mol. The van der Waals surface area contributed by atoms with Crippen molar-refractivity contribution < 1.29 is 18.7 Å². The summed E-state index contributed by atoms with van der Waals surface area (Å²) in [5, 5.41) is 12.0. The third kappa shape index (κ3) is 5.66. The number of likely N-dealkylation sites (N-methyl/N-ethyl adjacent to an activating group) is 1. The van der Waals surface area contributed by atoms with Crippen LogP contribution >= 0.6 is 0 Å². The maximum Gasteiger partial charge on any atom is 0.231 e. The highest BCUT2D eigenvalue weighted by molar-refractivity contribution is 5.30. The van der Waals surface area contributed by atoms with Crippen LogP contribution in [0.3, 0.4) is 0 Å². The Labute approximate surface area is 197 Å². The van der Waals surface area contributed by atoms with E-state index in [-0.39, 0.29) is 5.92 Å². The monoisotopic (exact) mass is 449 g/mol. The molecule has 33 heavy (non-hydrogen) atoms. The van der Waals surface area contributed by atoms with Crippen LogP contribution in [0.25, 0.3) is 0 Å². The first-order valence-corrected chi connectivity index (χ1v) is 12.1. The third-order valence-corrected chi connectivity index (χ3v) is 6.86. The van der Waals surface area contributed by atoms with Crippen LogP contribution in [0.15, 0.2) is 65.2 Å². The van der Waals surface area contributed by atoms with Crippen molar-refractivity contribution in [1.82, 2.24) is 4.98 Å². The van der Waals surface area contributed by atoms with E-state index < -0.39 is 5.60 Å². The Morgan fingerprint density at radius 3 is 2.42 bits per heavy atom. The second kappa shape index (κ2) is 10.1. The summed E-state index contributed by atoms with van der Waals surface area (Å²) in [5.41, 5.74) is 0.903. The van der Waals surface area contributed by atoms with E-state index >= 15 is 0 Å². The zero-order chi connectivity index (χ0) is 23.3. The number of aliphatic hydroxyl groups is 1. The van der Waals surface area contributed by atoms with Gasteiger partial charge in [-0.2, -0.15) is 0 Å². The first kappa shape index (κ1) is 23.5. The number of aryl methyl sites for hydroxylation is 1. The maximum atomic E-state index is 12.0. The Hall–Kier alpha value is -2.63. The molecule has 1 fully saturated rings. The minimum absolute atomic E-state index is 0.116. The van der Waals surface area contributed by atoms with Gasteiger partial charge in [0.1, 0.15) is 25.4 Å². The Morgan fingerprint density at radius 2 is 1.73 bits per heavy atom. The summed E-state index contributed by atoms with van der Waals surface area (Å²) in [6, 6.07) is 18.0. The van der Waals surface area contributed by atoms with Crippen molar-refractivity contribution in [3.63, 3.8) is 0 Å². The molecule has 176 valence electrons. The zero-order valence-electron chi connectivity index (χ0n) is 20.2. The van der Waals surface area contributed by atoms with Gasteiger partial charge in [0.15, 0.2) is 11.4 Å². The van der Waals surface area contributed by atoms with E-state index in [0.717, 1.165) is 49.3 Å². The molecule has 0 spiro atoms. The van der Waals surface area contributed by atoms with Crippen molar-refractivity contribution in [2.24, 2.45) is 5.92 Å². The first-order chi connectivity index (χ1) is 15.9. The van der Waals surface area contributed by atoms with Crippen LogP contribution in [-0.2, 0) is 12.1 Å². The number of rotatable bonds is 9. The van der Waals surface area contributed by atoms with Crippen molar-refractivity contribution >= 4 is 0 Å². The molecule has 2 aromatic carbocycles. The first-order valence-electron chi connectivity index (χ1n) is 12.1. The van der Waals surface area contributed by atoms with E-state index in [9.17, 15) is 5.11 Å². The lowest BCUT2D eigenvalue weighted by Gasteiger charge is -2.36. The van der Waals surface area contributed by atoms with Crippen molar-refractivity contribution in [3.05, 3.63) is 83.6 Å². The van der Waals surface area contributed by atoms with Gasteiger partial charge in [0.05, 0.1) is 20.3 Å². The van der Waals surface area contributed by atoms with Crippen molar-refractivity contribution in [3.8, 4) is 5.75 Å². The predicted octanol–water partition coefficient (Wildman–Crippen LogP) is 5.45. The van der Waals surface area contributed by atoms with Gasteiger partial charge < -0.3 is 18.7 Å². The summed E-state index contributed by atoms with van der Waals surface area (Å²) >= 11 is 0. The number of hydrogen-bond donors (Lipinski definition) is 1. The van der Waals surface area contributed by atoms with E-state index in [0.29, 0.717) is 23.5 Å². The second-order valence-corrected chi connectivity index (χ2v) is 10.1. The Balaban J connectivity index is 1.46. The molecular weight excluding hydrogens is 412 g/mol. The third-order valence-electron chi connectivity index (χ3n) is 6.86. The molecule has 1 N–H and O–H groups in total. The van der Waals surface area contributed by atoms with Crippen LogP contribution in [-0.4, -0.2) is 41.8 Å². The molecule has 4 rings (SSSR count). The molecule has 1 aromatic heterocycles. The van der Waals surface area contributed by atoms with Gasteiger partial charge in [-0.15, -0.1) is 0 Å². The molecule has 0 amide bonds. The number of ether oxygens (including phenoxy) is 1. The quantitative estimate of drug-likeness (QED) is 0.441. The largest absolute Gasteiger partial charge is 0.488 e. The molecule has 1 atom stereocenters. The minimum atomic E-state index is -1.19. The molecule has 5 nitrogen and oxygen atoms in total. The molecule has 3 aromatic rings. The molecular formula is C28H37N2O3+. The highest BCUT2D eigenvalue weighted by Gasteiger charge is 2.44. The fourth-order valence-electron chi connectivity index (χ4n) is 4.85. The van der Waals surface area contributed by atoms with Crippen LogP contribution in [0.2, 0.25) is 0 Å². The lowest BCUT2D eigenvalue weighted by Crippen LogP contribution is -2.42. The summed E-state index contributed by atoms with van der Waals surface area (Å²) in [5.74, 6) is 2.22. The van der Waals surface area contributed by atoms with Crippen LogP contribution in [0.5, 0.6) is 5.75 Å². The van der Waals surface area contributed by atoms with Gasteiger partial charge in [-0.1, -0.05) is 67.3 Å².